The minimum absolute atomic E-state index is 0.815. The molecule has 0 saturated heterocycles. The summed E-state index contributed by atoms with van der Waals surface area (Å²) >= 11 is 1.70. The summed E-state index contributed by atoms with van der Waals surface area (Å²) in [6.07, 6.45) is 5.63. The van der Waals surface area contributed by atoms with E-state index in [0.29, 0.717) is 0 Å². The number of para-hydroxylation sites is 1. The molecule has 2 aromatic carbocycles. The Labute approximate surface area is 150 Å². The van der Waals surface area contributed by atoms with Crippen LogP contribution < -0.4 is 4.74 Å². The van der Waals surface area contributed by atoms with Crippen molar-refractivity contribution in [1.29, 1.82) is 0 Å². The predicted octanol–water partition coefficient (Wildman–Crippen LogP) is 4.72. The lowest BCUT2D eigenvalue weighted by Crippen LogP contribution is -1.96. The highest BCUT2D eigenvalue weighted by Gasteiger charge is 2.09. The number of nitrogens with zero attached hydrogens (tertiary/aromatic N) is 3. The van der Waals surface area contributed by atoms with E-state index in [4.69, 9.17) is 4.74 Å². The molecule has 4 rings (SSSR count). The zero-order chi connectivity index (χ0) is 17.1. The Hall–Kier alpha value is -2.79. The first-order valence-corrected chi connectivity index (χ1v) is 8.97. The molecule has 0 aliphatic carbocycles. The van der Waals surface area contributed by atoms with Crippen molar-refractivity contribution in [3.05, 3.63) is 78.8 Å². The number of thioether (sulfide) groups is 1. The Morgan fingerprint density at radius 1 is 1.00 bits per heavy atom. The van der Waals surface area contributed by atoms with Crippen molar-refractivity contribution < 1.29 is 4.74 Å². The highest BCUT2D eigenvalue weighted by molar-refractivity contribution is 7.98. The number of imidazole rings is 1. The Balaban J connectivity index is 1.61. The molecule has 2 aromatic heterocycles. The van der Waals surface area contributed by atoms with Crippen LogP contribution in [0.4, 0.5) is 0 Å². The van der Waals surface area contributed by atoms with E-state index in [1.807, 2.05) is 48.9 Å². The van der Waals surface area contributed by atoms with Gasteiger partial charge in [-0.25, -0.2) is 4.98 Å². The summed E-state index contributed by atoms with van der Waals surface area (Å²) in [5.74, 6) is 1.65. The third-order valence-corrected chi connectivity index (χ3v) is 5.03. The summed E-state index contributed by atoms with van der Waals surface area (Å²) in [5, 5.41) is 2.11. The highest BCUT2D eigenvalue weighted by Crippen LogP contribution is 2.28. The molecule has 0 aliphatic rings. The van der Waals surface area contributed by atoms with Crippen molar-refractivity contribution in [3.63, 3.8) is 0 Å². The molecule has 4 nitrogen and oxygen atoms in total. The van der Waals surface area contributed by atoms with E-state index < -0.39 is 0 Å². The number of aromatic nitrogens is 3. The van der Waals surface area contributed by atoms with Crippen LogP contribution in [0.15, 0.2) is 78.3 Å². The molecule has 5 heteroatoms. The number of benzene rings is 2. The maximum atomic E-state index is 5.32. The van der Waals surface area contributed by atoms with Crippen LogP contribution in [0.5, 0.6) is 5.75 Å². The number of ether oxygens (including phenoxy) is 1. The fraction of sp³-hybridized carbons (Fsp3) is 0.100. The molecule has 0 N–H and O–H groups in total. The highest BCUT2D eigenvalue weighted by atomic mass is 32.2. The molecule has 0 unspecified atom stereocenters. The summed E-state index contributed by atoms with van der Waals surface area (Å²) in [6, 6.07) is 18.3. The average molecular weight is 347 g/mol. The smallest absolute Gasteiger partial charge is 0.172 e. The van der Waals surface area contributed by atoms with Gasteiger partial charge in [-0.15, -0.1) is 0 Å². The Morgan fingerprint density at radius 3 is 2.80 bits per heavy atom. The number of hydrogen-bond donors (Lipinski definition) is 0. The van der Waals surface area contributed by atoms with Gasteiger partial charge in [-0.3, -0.25) is 9.55 Å². The molecule has 25 heavy (non-hydrogen) atoms. The van der Waals surface area contributed by atoms with Crippen LogP contribution in [-0.4, -0.2) is 21.6 Å². The van der Waals surface area contributed by atoms with Crippen molar-refractivity contribution in [1.82, 2.24) is 14.5 Å². The largest absolute Gasteiger partial charge is 0.497 e. The van der Waals surface area contributed by atoms with Gasteiger partial charge in [0.05, 0.1) is 18.3 Å². The van der Waals surface area contributed by atoms with E-state index in [-0.39, 0.29) is 0 Å². The van der Waals surface area contributed by atoms with E-state index in [1.165, 1.54) is 5.56 Å². The van der Waals surface area contributed by atoms with Gasteiger partial charge < -0.3 is 4.74 Å². The number of rotatable bonds is 5. The summed E-state index contributed by atoms with van der Waals surface area (Å²) in [6.45, 7) is 0. The Morgan fingerprint density at radius 2 is 1.88 bits per heavy atom. The van der Waals surface area contributed by atoms with Crippen LogP contribution in [0.25, 0.3) is 16.6 Å². The molecule has 0 saturated carbocycles. The zero-order valence-electron chi connectivity index (χ0n) is 13.8. The van der Waals surface area contributed by atoms with Gasteiger partial charge in [0, 0.05) is 35.8 Å². The Bertz CT molecular complexity index is 1010. The number of pyridine rings is 1. The van der Waals surface area contributed by atoms with Crippen molar-refractivity contribution >= 4 is 22.7 Å². The van der Waals surface area contributed by atoms with Gasteiger partial charge >= 0.3 is 0 Å². The molecule has 4 aromatic rings. The molecule has 0 radical (unpaired) electrons. The predicted molar refractivity (Wildman–Crippen MR) is 101 cm³/mol. The summed E-state index contributed by atoms with van der Waals surface area (Å²) in [4.78, 5) is 9.04. The molecule has 2 heterocycles. The second-order valence-corrected chi connectivity index (χ2v) is 6.50. The zero-order valence-corrected chi connectivity index (χ0v) is 14.6. The first-order valence-electron chi connectivity index (χ1n) is 7.98. The van der Waals surface area contributed by atoms with Crippen molar-refractivity contribution in [2.45, 2.75) is 10.9 Å². The van der Waals surface area contributed by atoms with Crippen LogP contribution in [0.2, 0.25) is 0 Å². The van der Waals surface area contributed by atoms with E-state index >= 15 is 0 Å². The third-order valence-electron chi connectivity index (χ3n) is 4.01. The number of methoxy groups -OCH3 is 1. The maximum Gasteiger partial charge on any atom is 0.172 e. The van der Waals surface area contributed by atoms with Crippen molar-refractivity contribution in [2.24, 2.45) is 0 Å². The van der Waals surface area contributed by atoms with Gasteiger partial charge in [-0.1, -0.05) is 42.1 Å². The number of fused-ring (bicyclic) bond motifs is 1. The first kappa shape index (κ1) is 15.7. The molecule has 0 aliphatic heterocycles. The average Bonchev–Trinajstić information content (AvgIpc) is 3.15. The SMILES string of the molecule is COc1cccc(-n2ccnc2SCc2cccc3cccnc23)c1. The first-order chi connectivity index (χ1) is 12.3. The fourth-order valence-electron chi connectivity index (χ4n) is 2.78. The second kappa shape index (κ2) is 6.99. The fourth-order valence-corrected chi connectivity index (χ4v) is 3.74. The molecule has 124 valence electrons. The standard InChI is InChI=1S/C20H17N3OS/c1-24-18-9-3-8-17(13-18)23-12-11-22-20(23)25-14-16-6-2-5-15-7-4-10-21-19(15)16/h2-13H,14H2,1H3. The quantitative estimate of drug-likeness (QED) is 0.490. The van der Waals surface area contributed by atoms with Gasteiger partial charge in [-0.05, 0) is 23.8 Å². The number of hydrogen-bond acceptors (Lipinski definition) is 4. The lowest BCUT2D eigenvalue weighted by Gasteiger charge is -2.10. The van der Waals surface area contributed by atoms with Crippen LogP contribution in [0, 0.1) is 0 Å². The molecule has 0 atom stereocenters. The normalized spacial score (nSPS) is 10.9. The lowest BCUT2D eigenvalue weighted by molar-refractivity contribution is 0.414. The van der Waals surface area contributed by atoms with Crippen LogP contribution in [0.3, 0.4) is 0 Å². The summed E-state index contributed by atoms with van der Waals surface area (Å²) in [7, 11) is 1.68. The van der Waals surface area contributed by atoms with Crippen LogP contribution in [-0.2, 0) is 5.75 Å². The summed E-state index contributed by atoms with van der Waals surface area (Å²) < 4.78 is 7.40. The monoisotopic (exact) mass is 347 g/mol. The molecular weight excluding hydrogens is 330 g/mol. The molecule has 0 bridgehead atoms. The molecular formula is C20H17N3OS. The lowest BCUT2D eigenvalue weighted by atomic mass is 10.1. The van der Waals surface area contributed by atoms with Crippen molar-refractivity contribution in [3.8, 4) is 11.4 Å². The van der Waals surface area contributed by atoms with E-state index in [1.54, 1.807) is 18.9 Å². The van der Waals surface area contributed by atoms with Crippen LogP contribution >= 0.6 is 11.8 Å². The van der Waals surface area contributed by atoms with Crippen molar-refractivity contribution in [2.75, 3.05) is 7.11 Å². The topological polar surface area (TPSA) is 39.9 Å². The minimum atomic E-state index is 0.815. The van der Waals surface area contributed by atoms with Gasteiger partial charge in [0.15, 0.2) is 5.16 Å². The van der Waals surface area contributed by atoms with Gasteiger partial charge in [-0.2, -0.15) is 0 Å². The van der Waals surface area contributed by atoms with E-state index in [9.17, 15) is 0 Å². The van der Waals surface area contributed by atoms with Gasteiger partial charge in [0.2, 0.25) is 0 Å². The molecule has 0 fully saturated rings. The van der Waals surface area contributed by atoms with Gasteiger partial charge in [0.1, 0.15) is 5.75 Å². The van der Waals surface area contributed by atoms with E-state index in [0.717, 1.165) is 33.2 Å². The molecule has 0 spiro atoms. The summed E-state index contributed by atoms with van der Waals surface area (Å²) in [5.41, 5.74) is 3.30. The minimum Gasteiger partial charge on any atom is -0.497 e. The van der Waals surface area contributed by atoms with E-state index in [2.05, 4.69) is 38.8 Å². The third kappa shape index (κ3) is 3.23. The maximum absolute atomic E-state index is 5.32. The second-order valence-electron chi connectivity index (χ2n) is 5.56. The van der Waals surface area contributed by atoms with Crippen LogP contribution in [0.1, 0.15) is 5.56 Å². The molecule has 0 amide bonds. The van der Waals surface area contributed by atoms with Gasteiger partial charge in [0.25, 0.3) is 0 Å². The Kier molecular flexibility index (Phi) is 4.39.